The van der Waals surface area contributed by atoms with E-state index in [1.807, 2.05) is 0 Å². The maximum absolute atomic E-state index is 13.2. The molecule has 152 valence electrons. The van der Waals surface area contributed by atoms with E-state index in [0.717, 1.165) is 21.4 Å². The Morgan fingerprint density at radius 1 is 0.933 bits per heavy atom. The fourth-order valence-electron chi connectivity index (χ4n) is 3.16. The molecule has 0 aliphatic carbocycles. The van der Waals surface area contributed by atoms with Gasteiger partial charge >= 0.3 is 0 Å². The van der Waals surface area contributed by atoms with Crippen molar-refractivity contribution in [1.82, 2.24) is 0 Å². The number of hydrogen-bond acceptors (Lipinski definition) is 4. The Morgan fingerprint density at radius 2 is 1.60 bits per heavy atom. The van der Waals surface area contributed by atoms with Gasteiger partial charge in [0, 0.05) is 25.9 Å². The molecule has 0 unspecified atom stereocenters. The number of sulfonamides is 1. The zero-order valence-corrected chi connectivity index (χ0v) is 18.8. The van der Waals surface area contributed by atoms with Gasteiger partial charge in [0.15, 0.2) is 5.78 Å². The first-order valence-corrected chi connectivity index (χ1v) is 11.9. The summed E-state index contributed by atoms with van der Waals surface area (Å²) in [5, 5.41) is 1.66. The molecule has 0 amide bonds. The average molecular weight is 476 g/mol. The minimum atomic E-state index is -3.94. The molecule has 0 saturated carbocycles. The number of carbonyl (C=O) groups is 1. The van der Waals surface area contributed by atoms with E-state index in [0.29, 0.717) is 21.2 Å². The Bertz CT molecular complexity index is 1380. The Morgan fingerprint density at radius 3 is 2.33 bits per heavy atom. The summed E-state index contributed by atoms with van der Waals surface area (Å²) in [6, 6.07) is 18.4. The topological polar surface area (TPSA) is 63.2 Å². The van der Waals surface area contributed by atoms with Crippen LogP contribution < -0.4 is 4.72 Å². The van der Waals surface area contributed by atoms with Gasteiger partial charge in [-0.15, -0.1) is 11.3 Å². The number of benzene rings is 3. The monoisotopic (exact) mass is 475 g/mol. The molecular formula is C22H15Cl2NO3S2. The maximum Gasteiger partial charge on any atom is 0.271 e. The standard InChI is InChI=1S/C22H15Cl2NO3S2/c1-13-17-11-16(24)8-10-20(17)29-22(13)30(27,28)25-19-9-7-15(23)12-18(19)21(26)14-5-3-2-4-6-14/h2-12,25H,1H3. The van der Waals surface area contributed by atoms with Gasteiger partial charge in [0.25, 0.3) is 10.0 Å². The van der Waals surface area contributed by atoms with E-state index >= 15 is 0 Å². The van der Waals surface area contributed by atoms with Crippen molar-refractivity contribution in [1.29, 1.82) is 0 Å². The molecule has 4 nitrogen and oxygen atoms in total. The lowest BCUT2D eigenvalue weighted by Crippen LogP contribution is -2.15. The molecule has 0 aliphatic rings. The molecule has 30 heavy (non-hydrogen) atoms. The van der Waals surface area contributed by atoms with Crippen LogP contribution in [0.25, 0.3) is 10.1 Å². The number of rotatable bonds is 5. The molecule has 0 aliphatic heterocycles. The highest BCUT2D eigenvalue weighted by molar-refractivity contribution is 7.95. The van der Waals surface area contributed by atoms with Crippen LogP contribution in [0.3, 0.4) is 0 Å². The molecule has 0 spiro atoms. The van der Waals surface area contributed by atoms with Crippen LogP contribution >= 0.6 is 34.5 Å². The van der Waals surface area contributed by atoms with Gasteiger partial charge in [-0.25, -0.2) is 8.42 Å². The summed E-state index contributed by atoms with van der Waals surface area (Å²) in [6.45, 7) is 1.74. The smallest absolute Gasteiger partial charge is 0.271 e. The summed E-state index contributed by atoms with van der Waals surface area (Å²) in [4.78, 5) is 13.0. The highest BCUT2D eigenvalue weighted by atomic mass is 35.5. The lowest BCUT2D eigenvalue weighted by molar-refractivity contribution is 0.103. The molecule has 4 aromatic rings. The zero-order valence-electron chi connectivity index (χ0n) is 15.6. The number of carbonyl (C=O) groups excluding carboxylic acids is 1. The van der Waals surface area contributed by atoms with Gasteiger partial charge in [-0.3, -0.25) is 9.52 Å². The van der Waals surface area contributed by atoms with Crippen molar-refractivity contribution in [3.8, 4) is 0 Å². The van der Waals surface area contributed by atoms with Gasteiger partial charge in [0.2, 0.25) is 0 Å². The van der Waals surface area contributed by atoms with E-state index in [1.54, 1.807) is 61.5 Å². The zero-order chi connectivity index (χ0) is 21.5. The lowest BCUT2D eigenvalue weighted by Gasteiger charge is -2.12. The molecule has 0 radical (unpaired) electrons. The summed E-state index contributed by atoms with van der Waals surface area (Å²) < 4.78 is 29.9. The molecule has 0 saturated heterocycles. The Kier molecular flexibility index (Phi) is 5.59. The van der Waals surface area contributed by atoms with Gasteiger partial charge in [-0.05, 0) is 54.3 Å². The summed E-state index contributed by atoms with van der Waals surface area (Å²) in [5.41, 5.74) is 1.39. The molecule has 3 aromatic carbocycles. The van der Waals surface area contributed by atoms with Crippen LogP contribution in [0.1, 0.15) is 21.5 Å². The van der Waals surface area contributed by atoms with Gasteiger partial charge in [-0.1, -0.05) is 53.5 Å². The normalized spacial score (nSPS) is 11.6. The average Bonchev–Trinajstić information content (AvgIpc) is 3.06. The number of halogens is 2. The molecular weight excluding hydrogens is 461 g/mol. The molecule has 1 heterocycles. The van der Waals surface area contributed by atoms with E-state index in [-0.39, 0.29) is 21.2 Å². The first-order valence-electron chi connectivity index (χ1n) is 8.87. The fourth-order valence-corrected chi connectivity index (χ4v) is 6.33. The Hall–Kier alpha value is -2.38. The number of nitrogens with one attached hydrogen (secondary N) is 1. The number of ketones is 1. The summed E-state index contributed by atoms with van der Waals surface area (Å²) in [7, 11) is -3.94. The summed E-state index contributed by atoms with van der Waals surface area (Å²) in [6.07, 6.45) is 0. The summed E-state index contributed by atoms with van der Waals surface area (Å²) >= 11 is 13.3. The Balaban J connectivity index is 1.78. The van der Waals surface area contributed by atoms with Gasteiger partial charge < -0.3 is 0 Å². The van der Waals surface area contributed by atoms with Crippen molar-refractivity contribution < 1.29 is 13.2 Å². The van der Waals surface area contributed by atoms with Crippen LogP contribution in [-0.2, 0) is 10.0 Å². The highest BCUT2D eigenvalue weighted by Gasteiger charge is 2.24. The number of fused-ring (bicyclic) bond motifs is 1. The van der Waals surface area contributed by atoms with E-state index in [1.165, 1.54) is 12.1 Å². The molecule has 1 N–H and O–H groups in total. The minimum Gasteiger partial charge on any atom is -0.289 e. The van der Waals surface area contributed by atoms with Crippen LogP contribution in [0.2, 0.25) is 10.0 Å². The first kappa shape index (κ1) is 20.9. The second-order valence-corrected chi connectivity index (χ2v) is 10.4. The molecule has 0 fully saturated rings. The second kappa shape index (κ2) is 8.04. The quantitative estimate of drug-likeness (QED) is 0.333. The predicted molar refractivity (Wildman–Crippen MR) is 124 cm³/mol. The first-order chi connectivity index (χ1) is 14.3. The third-order valence-electron chi connectivity index (χ3n) is 4.61. The third-order valence-corrected chi connectivity index (χ3v) is 8.33. The van der Waals surface area contributed by atoms with Crippen molar-refractivity contribution >= 4 is 66.1 Å². The van der Waals surface area contributed by atoms with Gasteiger partial charge in [0.1, 0.15) is 4.21 Å². The van der Waals surface area contributed by atoms with Crippen molar-refractivity contribution in [2.45, 2.75) is 11.1 Å². The number of anilines is 1. The van der Waals surface area contributed by atoms with Crippen LogP contribution in [-0.4, -0.2) is 14.2 Å². The number of aryl methyl sites for hydroxylation is 1. The predicted octanol–water partition coefficient (Wildman–Crippen LogP) is 6.55. The Labute approximate surface area is 188 Å². The van der Waals surface area contributed by atoms with Crippen molar-refractivity contribution in [3.05, 3.63) is 93.5 Å². The van der Waals surface area contributed by atoms with Crippen LogP contribution in [0.4, 0.5) is 5.69 Å². The van der Waals surface area contributed by atoms with E-state index < -0.39 is 10.0 Å². The molecule has 1 aromatic heterocycles. The van der Waals surface area contributed by atoms with E-state index in [2.05, 4.69) is 4.72 Å². The van der Waals surface area contributed by atoms with Crippen LogP contribution in [0.5, 0.6) is 0 Å². The van der Waals surface area contributed by atoms with E-state index in [4.69, 9.17) is 23.2 Å². The number of hydrogen-bond donors (Lipinski definition) is 1. The molecule has 8 heteroatoms. The molecule has 0 bridgehead atoms. The van der Waals surface area contributed by atoms with E-state index in [9.17, 15) is 13.2 Å². The minimum absolute atomic E-state index is 0.170. The van der Waals surface area contributed by atoms with Crippen LogP contribution in [0.15, 0.2) is 70.9 Å². The van der Waals surface area contributed by atoms with Gasteiger partial charge in [0.05, 0.1) is 5.69 Å². The van der Waals surface area contributed by atoms with Crippen molar-refractivity contribution in [2.75, 3.05) is 4.72 Å². The lowest BCUT2D eigenvalue weighted by atomic mass is 10.0. The van der Waals surface area contributed by atoms with Gasteiger partial charge in [-0.2, -0.15) is 0 Å². The van der Waals surface area contributed by atoms with Crippen molar-refractivity contribution in [2.24, 2.45) is 0 Å². The third kappa shape index (κ3) is 3.96. The second-order valence-electron chi connectivity index (χ2n) is 6.65. The largest absolute Gasteiger partial charge is 0.289 e. The molecule has 0 atom stereocenters. The van der Waals surface area contributed by atoms with Crippen LogP contribution in [0, 0.1) is 6.92 Å². The fraction of sp³-hybridized carbons (Fsp3) is 0.0455. The SMILES string of the molecule is Cc1c(S(=O)(=O)Nc2ccc(Cl)cc2C(=O)c2ccccc2)sc2ccc(Cl)cc12. The summed E-state index contributed by atoms with van der Waals surface area (Å²) in [5.74, 6) is -0.323. The van der Waals surface area contributed by atoms with Crippen molar-refractivity contribution in [3.63, 3.8) is 0 Å². The number of thiophene rings is 1. The highest BCUT2D eigenvalue weighted by Crippen LogP contribution is 2.37. The maximum atomic E-state index is 13.2. The molecule has 4 rings (SSSR count).